The molecule has 1 fully saturated rings. The smallest absolute Gasteiger partial charge is 0.325 e. The quantitative estimate of drug-likeness (QED) is 0.326. The second-order valence-electron chi connectivity index (χ2n) is 6.72. The average molecular weight is 427 g/mol. The van der Waals surface area contributed by atoms with E-state index < -0.39 is 0 Å². The van der Waals surface area contributed by atoms with Gasteiger partial charge in [-0.1, -0.05) is 12.1 Å². The minimum atomic E-state index is -0.386. The predicted octanol–water partition coefficient (Wildman–Crippen LogP) is 1.60. The number of azo groups is 1. The fourth-order valence-corrected chi connectivity index (χ4v) is 2.79. The fraction of sp³-hybridized carbons (Fsp3) is 0.350. The zero-order valence-corrected chi connectivity index (χ0v) is 17.0. The number of ether oxygens (including phenoxy) is 2. The Bertz CT molecular complexity index is 945. The van der Waals surface area contributed by atoms with Gasteiger partial charge in [0.25, 0.3) is 0 Å². The first-order chi connectivity index (χ1) is 15.0. The number of para-hydroxylation sites is 1. The molecule has 11 heteroatoms. The SMILES string of the molecule is NCCC(=O)Nc1ccc(/N=N/c2ccccc2OC(=O)CN2CCOCC2)c(N)n1. The molecular weight excluding hydrogens is 402 g/mol. The van der Waals surface area contributed by atoms with Crippen LogP contribution in [0.3, 0.4) is 0 Å². The van der Waals surface area contributed by atoms with Crippen molar-refractivity contribution >= 4 is 34.9 Å². The van der Waals surface area contributed by atoms with Crippen molar-refractivity contribution in [3.05, 3.63) is 36.4 Å². The highest BCUT2D eigenvalue weighted by atomic mass is 16.5. The van der Waals surface area contributed by atoms with Crippen LogP contribution in [0.1, 0.15) is 6.42 Å². The molecule has 0 radical (unpaired) electrons. The molecule has 1 aromatic carbocycles. The molecule has 164 valence electrons. The van der Waals surface area contributed by atoms with Gasteiger partial charge in [-0.25, -0.2) is 4.98 Å². The Kier molecular flexibility index (Phi) is 7.98. The number of amides is 1. The summed E-state index contributed by atoms with van der Waals surface area (Å²) in [6.45, 7) is 2.98. The van der Waals surface area contributed by atoms with Crippen LogP contribution < -0.4 is 21.5 Å². The number of esters is 1. The number of anilines is 2. The molecule has 0 saturated carbocycles. The molecule has 0 bridgehead atoms. The van der Waals surface area contributed by atoms with Crippen LogP contribution in [0.2, 0.25) is 0 Å². The number of pyridine rings is 1. The van der Waals surface area contributed by atoms with Crippen molar-refractivity contribution in [2.45, 2.75) is 6.42 Å². The zero-order chi connectivity index (χ0) is 22.1. The monoisotopic (exact) mass is 427 g/mol. The number of nitrogens with zero attached hydrogens (tertiary/aromatic N) is 4. The standard InChI is InChI=1S/C20H25N7O4/c21-8-7-18(28)23-17-6-5-15(20(22)24-17)26-25-14-3-1-2-4-16(14)31-19(29)13-27-9-11-30-12-10-27/h1-6H,7-13,21H2,(H3,22,23,24,28)/b26-25+. The molecule has 1 aliphatic rings. The summed E-state index contributed by atoms with van der Waals surface area (Å²) >= 11 is 0. The minimum Gasteiger partial charge on any atom is -0.423 e. The van der Waals surface area contributed by atoms with Gasteiger partial charge in [0.1, 0.15) is 17.2 Å². The fourth-order valence-electron chi connectivity index (χ4n) is 2.79. The van der Waals surface area contributed by atoms with Crippen LogP contribution >= 0.6 is 0 Å². The van der Waals surface area contributed by atoms with E-state index in [0.29, 0.717) is 49.2 Å². The Labute approximate surface area is 179 Å². The Morgan fingerprint density at radius 2 is 1.87 bits per heavy atom. The summed E-state index contributed by atoms with van der Waals surface area (Å²) in [6, 6.07) is 9.95. The third-order valence-corrected chi connectivity index (χ3v) is 4.35. The number of carbonyl (C=O) groups is 2. The second kappa shape index (κ2) is 11.1. The van der Waals surface area contributed by atoms with Crippen molar-refractivity contribution in [3.63, 3.8) is 0 Å². The molecule has 0 spiro atoms. The second-order valence-corrected chi connectivity index (χ2v) is 6.72. The predicted molar refractivity (Wildman–Crippen MR) is 114 cm³/mol. The normalized spacial score (nSPS) is 14.5. The molecule has 1 amide bonds. The van der Waals surface area contributed by atoms with Crippen LogP contribution in [-0.4, -0.2) is 61.2 Å². The molecule has 31 heavy (non-hydrogen) atoms. The van der Waals surface area contributed by atoms with E-state index in [1.54, 1.807) is 36.4 Å². The first kappa shape index (κ1) is 22.3. The van der Waals surface area contributed by atoms with E-state index in [2.05, 4.69) is 20.5 Å². The summed E-state index contributed by atoms with van der Waals surface area (Å²) in [5.74, 6) is 0.0463. The van der Waals surface area contributed by atoms with E-state index in [1.807, 2.05) is 4.90 Å². The summed E-state index contributed by atoms with van der Waals surface area (Å²) in [4.78, 5) is 30.0. The summed E-state index contributed by atoms with van der Waals surface area (Å²) in [7, 11) is 0. The highest BCUT2D eigenvalue weighted by Crippen LogP contribution is 2.30. The maximum absolute atomic E-state index is 12.3. The van der Waals surface area contributed by atoms with Gasteiger partial charge < -0.3 is 26.3 Å². The van der Waals surface area contributed by atoms with E-state index in [0.717, 1.165) is 0 Å². The number of aromatic nitrogens is 1. The average Bonchev–Trinajstić information content (AvgIpc) is 2.75. The molecule has 1 aliphatic heterocycles. The topological polar surface area (TPSA) is 158 Å². The van der Waals surface area contributed by atoms with Gasteiger partial charge in [0.2, 0.25) is 5.91 Å². The van der Waals surface area contributed by atoms with Crippen molar-refractivity contribution in [1.29, 1.82) is 0 Å². The molecule has 0 aliphatic carbocycles. The summed E-state index contributed by atoms with van der Waals surface area (Å²) in [5.41, 5.74) is 11.9. The molecule has 2 aromatic rings. The number of carbonyl (C=O) groups excluding carboxylic acids is 2. The summed E-state index contributed by atoms with van der Waals surface area (Å²) in [6.07, 6.45) is 0.185. The van der Waals surface area contributed by atoms with Crippen molar-refractivity contribution in [3.8, 4) is 5.75 Å². The third kappa shape index (κ3) is 6.81. The number of nitrogens with one attached hydrogen (secondary N) is 1. The lowest BCUT2D eigenvalue weighted by Crippen LogP contribution is -2.40. The van der Waals surface area contributed by atoms with Crippen LogP contribution in [0, 0.1) is 0 Å². The highest BCUT2D eigenvalue weighted by Gasteiger charge is 2.16. The molecule has 1 aromatic heterocycles. The number of morpholine rings is 1. The Hall–Kier alpha value is -3.41. The van der Waals surface area contributed by atoms with Gasteiger partial charge in [-0.05, 0) is 24.3 Å². The molecule has 3 rings (SSSR count). The van der Waals surface area contributed by atoms with Gasteiger partial charge in [-0.2, -0.15) is 0 Å². The van der Waals surface area contributed by atoms with Crippen molar-refractivity contribution in [2.75, 3.05) is 50.4 Å². The summed E-state index contributed by atoms with van der Waals surface area (Å²) < 4.78 is 10.8. The van der Waals surface area contributed by atoms with Crippen LogP contribution in [0.25, 0.3) is 0 Å². The molecular formula is C20H25N7O4. The Morgan fingerprint density at radius 1 is 1.13 bits per heavy atom. The largest absolute Gasteiger partial charge is 0.423 e. The maximum atomic E-state index is 12.3. The minimum absolute atomic E-state index is 0.0936. The van der Waals surface area contributed by atoms with Gasteiger partial charge in [0.05, 0.1) is 19.8 Å². The molecule has 0 atom stereocenters. The number of nitrogen functional groups attached to an aromatic ring is 1. The highest BCUT2D eigenvalue weighted by molar-refractivity contribution is 5.90. The number of hydrogen-bond donors (Lipinski definition) is 3. The molecule has 5 N–H and O–H groups in total. The molecule has 1 saturated heterocycles. The van der Waals surface area contributed by atoms with Crippen LogP contribution in [0.5, 0.6) is 5.75 Å². The molecule has 0 unspecified atom stereocenters. The lowest BCUT2D eigenvalue weighted by Gasteiger charge is -2.25. The third-order valence-electron chi connectivity index (χ3n) is 4.35. The van der Waals surface area contributed by atoms with E-state index in [9.17, 15) is 9.59 Å². The van der Waals surface area contributed by atoms with Crippen molar-refractivity contribution < 1.29 is 19.1 Å². The maximum Gasteiger partial charge on any atom is 0.325 e. The van der Waals surface area contributed by atoms with Crippen LogP contribution in [0.4, 0.5) is 23.0 Å². The van der Waals surface area contributed by atoms with E-state index in [-0.39, 0.29) is 37.2 Å². The van der Waals surface area contributed by atoms with E-state index in [4.69, 9.17) is 20.9 Å². The lowest BCUT2D eigenvalue weighted by molar-refractivity contribution is -0.136. The number of rotatable bonds is 8. The van der Waals surface area contributed by atoms with Gasteiger partial charge in [0.15, 0.2) is 11.6 Å². The Balaban J connectivity index is 1.65. The Morgan fingerprint density at radius 3 is 2.61 bits per heavy atom. The first-order valence-corrected chi connectivity index (χ1v) is 9.83. The number of nitrogens with two attached hydrogens (primary N) is 2. The number of hydrogen-bond acceptors (Lipinski definition) is 10. The van der Waals surface area contributed by atoms with E-state index in [1.165, 1.54) is 0 Å². The van der Waals surface area contributed by atoms with Gasteiger partial charge in [-0.15, -0.1) is 10.2 Å². The van der Waals surface area contributed by atoms with Crippen LogP contribution in [-0.2, 0) is 14.3 Å². The van der Waals surface area contributed by atoms with Gasteiger partial charge >= 0.3 is 5.97 Å². The molecule has 11 nitrogen and oxygen atoms in total. The van der Waals surface area contributed by atoms with Crippen molar-refractivity contribution in [1.82, 2.24) is 9.88 Å². The first-order valence-electron chi connectivity index (χ1n) is 9.83. The zero-order valence-electron chi connectivity index (χ0n) is 17.0. The van der Waals surface area contributed by atoms with Crippen LogP contribution in [0.15, 0.2) is 46.6 Å². The van der Waals surface area contributed by atoms with Crippen molar-refractivity contribution in [2.24, 2.45) is 16.0 Å². The molecule has 2 heterocycles. The van der Waals surface area contributed by atoms with E-state index >= 15 is 0 Å². The summed E-state index contributed by atoms with van der Waals surface area (Å²) in [5, 5.41) is 10.8. The number of benzene rings is 1. The van der Waals surface area contributed by atoms with Gasteiger partial charge in [-0.3, -0.25) is 14.5 Å². The lowest BCUT2D eigenvalue weighted by atomic mass is 10.3. The van der Waals surface area contributed by atoms with Gasteiger partial charge in [0, 0.05) is 26.1 Å².